The lowest BCUT2D eigenvalue weighted by molar-refractivity contribution is -0.116. The van der Waals surface area contributed by atoms with Gasteiger partial charge in [-0.3, -0.25) is 4.79 Å². The van der Waals surface area contributed by atoms with Gasteiger partial charge >= 0.3 is 0 Å². The molecule has 0 aliphatic heterocycles. The lowest BCUT2D eigenvalue weighted by atomic mass is 10.2. The van der Waals surface area contributed by atoms with Crippen molar-refractivity contribution < 1.29 is 13.9 Å². The van der Waals surface area contributed by atoms with Crippen LogP contribution in [0.25, 0.3) is 6.08 Å². The summed E-state index contributed by atoms with van der Waals surface area (Å²) in [6, 6.07) is 5.98. The van der Waals surface area contributed by atoms with E-state index >= 15 is 0 Å². The highest BCUT2D eigenvalue weighted by atomic mass is 19.1. The number of halogens is 1. The Hall–Kier alpha value is -1.68. The van der Waals surface area contributed by atoms with Gasteiger partial charge in [-0.25, -0.2) is 4.39 Å². The fraction of sp³-hybridized carbons (Fsp3) is 0.438. The molecule has 3 nitrogen and oxygen atoms in total. The molecule has 1 aromatic carbocycles. The second-order valence-electron chi connectivity index (χ2n) is 5.00. The van der Waals surface area contributed by atoms with Crippen molar-refractivity contribution in [2.45, 2.75) is 20.3 Å². The quantitative estimate of drug-likeness (QED) is 0.587. The van der Waals surface area contributed by atoms with Gasteiger partial charge in [0, 0.05) is 25.8 Å². The van der Waals surface area contributed by atoms with Crippen molar-refractivity contribution in [3.8, 4) is 0 Å². The molecule has 110 valence electrons. The summed E-state index contributed by atoms with van der Waals surface area (Å²) in [4.78, 5) is 11.5. The Kier molecular flexibility index (Phi) is 7.58. The molecule has 0 saturated heterocycles. The minimum atomic E-state index is -0.284. The van der Waals surface area contributed by atoms with Gasteiger partial charge in [-0.2, -0.15) is 0 Å². The molecule has 0 bridgehead atoms. The number of hydrogen-bond donors (Lipinski definition) is 1. The number of carbonyl (C=O) groups is 1. The van der Waals surface area contributed by atoms with Crippen LogP contribution in [-0.2, 0) is 9.53 Å². The summed E-state index contributed by atoms with van der Waals surface area (Å²) in [5, 5.41) is 2.77. The SMILES string of the molecule is CC(C)COCCCNC(=O)/C=C/c1ccc(F)cc1. The van der Waals surface area contributed by atoms with Crippen molar-refractivity contribution >= 4 is 12.0 Å². The smallest absolute Gasteiger partial charge is 0.244 e. The van der Waals surface area contributed by atoms with Gasteiger partial charge in [-0.1, -0.05) is 26.0 Å². The largest absolute Gasteiger partial charge is 0.381 e. The lowest BCUT2D eigenvalue weighted by Crippen LogP contribution is -2.23. The van der Waals surface area contributed by atoms with E-state index in [1.807, 2.05) is 0 Å². The molecule has 0 radical (unpaired) electrons. The number of amides is 1. The van der Waals surface area contributed by atoms with Gasteiger partial charge < -0.3 is 10.1 Å². The maximum absolute atomic E-state index is 12.7. The van der Waals surface area contributed by atoms with E-state index in [-0.39, 0.29) is 11.7 Å². The molecule has 4 heteroatoms. The van der Waals surface area contributed by atoms with Gasteiger partial charge in [0.2, 0.25) is 5.91 Å². The minimum Gasteiger partial charge on any atom is -0.381 e. The summed E-state index contributed by atoms with van der Waals surface area (Å²) >= 11 is 0. The molecule has 0 fully saturated rings. The number of nitrogens with one attached hydrogen (secondary N) is 1. The second-order valence-corrected chi connectivity index (χ2v) is 5.00. The zero-order valence-electron chi connectivity index (χ0n) is 12.1. The maximum atomic E-state index is 12.7. The maximum Gasteiger partial charge on any atom is 0.244 e. The van der Waals surface area contributed by atoms with E-state index < -0.39 is 0 Å². The topological polar surface area (TPSA) is 38.3 Å². The molecule has 1 rings (SSSR count). The van der Waals surface area contributed by atoms with E-state index in [4.69, 9.17) is 4.74 Å². The third kappa shape index (κ3) is 7.69. The summed E-state index contributed by atoms with van der Waals surface area (Å²) in [6.07, 6.45) is 3.90. The lowest BCUT2D eigenvalue weighted by Gasteiger charge is -2.06. The fourth-order valence-corrected chi connectivity index (χ4v) is 1.51. The summed E-state index contributed by atoms with van der Waals surface area (Å²) in [5.41, 5.74) is 0.793. The summed E-state index contributed by atoms with van der Waals surface area (Å²) in [6.45, 7) is 6.19. The third-order valence-electron chi connectivity index (χ3n) is 2.51. The predicted molar refractivity (Wildman–Crippen MR) is 78.7 cm³/mol. The molecule has 0 aromatic heterocycles. The average molecular weight is 279 g/mol. The first-order valence-corrected chi connectivity index (χ1v) is 6.87. The van der Waals surface area contributed by atoms with Crippen molar-refractivity contribution in [3.05, 3.63) is 41.7 Å². The van der Waals surface area contributed by atoms with Gasteiger partial charge in [0.05, 0.1) is 0 Å². The Morgan fingerprint density at radius 2 is 2.05 bits per heavy atom. The van der Waals surface area contributed by atoms with Crippen LogP contribution in [-0.4, -0.2) is 25.7 Å². The predicted octanol–water partition coefficient (Wildman–Crippen LogP) is 3.02. The van der Waals surface area contributed by atoms with Gasteiger partial charge in [0.25, 0.3) is 0 Å². The molecule has 0 unspecified atom stereocenters. The Bertz CT molecular complexity index is 427. The summed E-state index contributed by atoms with van der Waals surface area (Å²) < 4.78 is 18.1. The van der Waals surface area contributed by atoms with Crippen molar-refractivity contribution in [1.82, 2.24) is 5.32 Å². The highest BCUT2D eigenvalue weighted by Crippen LogP contribution is 2.04. The molecule has 0 atom stereocenters. The number of hydrogen-bond acceptors (Lipinski definition) is 2. The van der Waals surface area contributed by atoms with Crippen molar-refractivity contribution in [1.29, 1.82) is 0 Å². The van der Waals surface area contributed by atoms with Crippen LogP contribution in [0.2, 0.25) is 0 Å². The molecular weight excluding hydrogens is 257 g/mol. The van der Waals surface area contributed by atoms with Crippen LogP contribution in [0.5, 0.6) is 0 Å². The average Bonchev–Trinajstić information content (AvgIpc) is 2.41. The highest BCUT2D eigenvalue weighted by Gasteiger charge is 1.97. The monoisotopic (exact) mass is 279 g/mol. The number of carbonyl (C=O) groups excluding carboxylic acids is 1. The molecule has 0 aliphatic rings. The summed E-state index contributed by atoms with van der Waals surface area (Å²) in [5.74, 6) is 0.0921. The molecule has 0 heterocycles. The van der Waals surface area contributed by atoms with E-state index in [2.05, 4.69) is 19.2 Å². The first kappa shape index (κ1) is 16.4. The number of benzene rings is 1. The van der Waals surface area contributed by atoms with Crippen molar-refractivity contribution in [3.63, 3.8) is 0 Å². The van der Waals surface area contributed by atoms with Gasteiger partial charge in [0.1, 0.15) is 5.82 Å². The first-order valence-electron chi connectivity index (χ1n) is 6.87. The normalized spacial score (nSPS) is 11.2. The highest BCUT2D eigenvalue weighted by molar-refractivity contribution is 5.91. The minimum absolute atomic E-state index is 0.154. The van der Waals surface area contributed by atoms with Gasteiger partial charge in [-0.15, -0.1) is 0 Å². The van der Waals surface area contributed by atoms with Crippen LogP contribution in [0.3, 0.4) is 0 Å². The molecular formula is C16H22FNO2. The molecule has 1 N–H and O–H groups in total. The standard InChI is InChI=1S/C16H22FNO2/c1-13(2)12-20-11-3-10-18-16(19)9-6-14-4-7-15(17)8-5-14/h4-9,13H,3,10-12H2,1-2H3,(H,18,19)/b9-6+. The van der Waals surface area contributed by atoms with E-state index in [9.17, 15) is 9.18 Å². The zero-order chi connectivity index (χ0) is 14.8. The molecule has 20 heavy (non-hydrogen) atoms. The van der Waals surface area contributed by atoms with Crippen LogP contribution >= 0.6 is 0 Å². The van der Waals surface area contributed by atoms with Gasteiger partial charge in [0.15, 0.2) is 0 Å². The summed E-state index contributed by atoms with van der Waals surface area (Å²) in [7, 11) is 0. The van der Waals surface area contributed by atoms with Crippen LogP contribution in [0.15, 0.2) is 30.3 Å². The number of rotatable bonds is 8. The molecule has 0 saturated carbocycles. The van der Waals surface area contributed by atoms with E-state index in [0.29, 0.717) is 19.1 Å². The molecule has 0 spiro atoms. The van der Waals surface area contributed by atoms with Gasteiger partial charge in [-0.05, 0) is 36.1 Å². The molecule has 1 aromatic rings. The fourth-order valence-electron chi connectivity index (χ4n) is 1.51. The Morgan fingerprint density at radius 1 is 1.35 bits per heavy atom. The van der Waals surface area contributed by atoms with E-state index in [0.717, 1.165) is 18.6 Å². The molecule has 1 amide bonds. The van der Waals surface area contributed by atoms with Crippen molar-refractivity contribution in [2.24, 2.45) is 5.92 Å². The van der Waals surface area contributed by atoms with Crippen molar-refractivity contribution in [2.75, 3.05) is 19.8 Å². The Labute approximate surface area is 119 Å². The van der Waals surface area contributed by atoms with Crippen LogP contribution in [0.4, 0.5) is 4.39 Å². The van der Waals surface area contributed by atoms with E-state index in [1.54, 1.807) is 18.2 Å². The molecule has 0 aliphatic carbocycles. The Morgan fingerprint density at radius 3 is 2.70 bits per heavy atom. The Balaban J connectivity index is 2.15. The van der Waals surface area contributed by atoms with Crippen LogP contribution in [0.1, 0.15) is 25.8 Å². The van der Waals surface area contributed by atoms with E-state index in [1.165, 1.54) is 18.2 Å². The van der Waals surface area contributed by atoms with Crippen LogP contribution in [0, 0.1) is 11.7 Å². The number of ether oxygens (including phenoxy) is 1. The third-order valence-corrected chi connectivity index (χ3v) is 2.51. The second kappa shape index (κ2) is 9.26. The zero-order valence-corrected chi connectivity index (χ0v) is 12.1. The van der Waals surface area contributed by atoms with Crippen LogP contribution < -0.4 is 5.32 Å². The first-order chi connectivity index (χ1) is 9.58.